The molecule has 0 saturated heterocycles. The van der Waals surface area contributed by atoms with Crippen molar-refractivity contribution in [2.75, 3.05) is 0 Å². The first kappa shape index (κ1) is 30.9. The van der Waals surface area contributed by atoms with Crippen LogP contribution in [0.1, 0.15) is 0 Å². The maximum absolute atomic E-state index is 5.32. The third-order valence-electron chi connectivity index (χ3n) is 9.63. The van der Waals surface area contributed by atoms with Gasteiger partial charge in [0.15, 0.2) is 5.82 Å². The highest BCUT2D eigenvalue weighted by molar-refractivity contribution is 7.24. The Morgan fingerprint density at radius 3 is 1.62 bits per heavy atom. The van der Waals surface area contributed by atoms with Gasteiger partial charge in [0.2, 0.25) is 0 Å². The van der Waals surface area contributed by atoms with Crippen molar-refractivity contribution >= 4 is 43.2 Å². The fourth-order valence-corrected chi connectivity index (χ4v) is 8.40. The first-order valence-electron chi connectivity index (χ1n) is 17.5. The highest BCUT2D eigenvalue weighted by Gasteiger charge is 2.24. The molecule has 0 saturated carbocycles. The minimum atomic E-state index is 0.677. The smallest absolute Gasteiger partial charge is 0.160 e. The molecule has 10 aromatic rings. The van der Waals surface area contributed by atoms with Gasteiger partial charge in [0.05, 0.1) is 38.7 Å². The largest absolute Gasteiger partial charge is 0.256 e. The average molecular weight is 696 g/mol. The molecule has 0 radical (unpaired) electrons. The molecule has 0 fully saturated rings. The Hall–Kier alpha value is -6.89. The van der Waals surface area contributed by atoms with E-state index in [0.717, 1.165) is 81.8 Å². The van der Waals surface area contributed by atoms with Crippen molar-refractivity contribution < 1.29 is 0 Å². The third-order valence-corrected chi connectivity index (χ3v) is 10.9. The summed E-state index contributed by atoms with van der Waals surface area (Å²) >= 11 is 1.75. The molecule has 0 aliphatic carbocycles. The molecule has 5 aromatic heterocycles. The predicted molar refractivity (Wildman–Crippen MR) is 218 cm³/mol. The summed E-state index contributed by atoms with van der Waals surface area (Å²) in [6.45, 7) is 0. The van der Waals surface area contributed by atoms with E-state index in [-0.39, 0.29) is 0 Å². The SMILES string of the molecule is c1ccc(-c2ccc(-c3nc(-c4ccc(-c5nc6ccccc6c6sc(-c7ccccn7)c(-c7ccccn7)c56)cc4)nc4ccccc34)cc2)cc1. The maximum Gasteiger partial charge on any atom is 0.160 e. The van der Waals surface area contributed by atoms with Gasteiger partial charge in [-0.15, -0.1) is 11.3 Å². The van der Waals surface area contributed by atoms with Crippen LogP contribution in [0.2, 0.25) is 0 Å². The Labute approximate surface area is 310 Å². The van der Waals surface area contributed by atoms with Crippen LogP contribution in [-0.4, -0.2) is 24.9 Å². The summed E-state index contributed by atoms with van der Waals surface area (Å²) in [5.41, 5.74) is 11.9. The molecular weight excluding hydrogens is 667 g/mol. The van der Waals surface area contributed by atoms with Gasteiger partial charge in [-0.25, -0.2) is 15.0 Å². The van der Waals surface area contributed by atoms with Crippen LogP contribution in [0, 0.1) is 0 Å². The lowest BCUT2D eigenvalue weighted by Crippen LogP contribution is -1.95. The monoisotopic (exact) mass is 695 g/mol. The number of aromatic nitrogens is 5. The van der Waals surface area contributed by atoms with Crippen LogP contribution in [0.5, 0.6) is 0 Å². The normalized spacial score (nSPS) is 11.4. The topological polar surface area (TPSA) is 64.5 Å². The van der Waals surface area contributed by atoms with Gasteiger partial charge in [0.25, 0.3) is 0 Å². The summed E-state index contributed by atoms with van der Waals surface area (Å²) in [5.74, 6) is 0.677. The lowest BCUT2D eigenvalue weighted by atomic mass is 9.97. The molecular formula is C47H29N5S. The molecule has 10 rings (SSSR count). The molecule has 5 heterocycles. The second kappa shape index (κ2) is 13.0. The molecule has 53 heavy (non-hydrogen) atoms. The Morgan fingerprint density at radius 2 is 0.925 bits per heavy atom. The van der Waals surface area contributed by atoms with E-state index in [9.17, 15) is 0 Å². The second-order valence-electron chi connectivity index (χ2n) is 12.9. The average Bonchev–Trinajstić information content (AvgIpc) is 3.65. The van der Waals surface area contributed by atoms with E-state index in [1.165, 1.54) is 11.1 Å². The Balaban J connectivity index is 1.12. The molecule has 5 aromatic carbocycles. The van der Waals surface area contributed by atoms with Crippen molar-refractivity contribution in [1.29, 1.82) is 0 Å². The second-order valence-corrected chi connectivity index (χ2v) is 13.9. The number of pyridine rings is 3. The highest BCUT2D eigenvalue weighted by atomic mass is 32.1. The number of hydrogen-bond donors (Lipinski definition) is 0. The van der Waals surface area contributed by atoms with Crippen LogP contribution >= 0.6 is 11.3 Å². The summed E-state index contributed by atoms with van der Waals surface area (Å²) in [6.07, 6.45) is 3.69. The lowest BCUT2D eigenvalue weighted by molar-refractivity contribution is 1.23. The van der Waals surface area contributed by atoms with Crippen LogP contribution in [-0.2, 0) is 0 Å². The van der Waals surface area contributed by atoms with Crippen molar-refractivity contribution in [3.8, 4) is 66.9 Å². The van der Waals surface area contributed by atoms with Crippen LogP contribution < -0.4 is 0 Å². The third kappa shape index (κ3) is 5.53. The first-order valence-corrected chi connectivity index (χ1v) is 18.3. The summed E-state index contributed by atoms with van der Waals surface area (Å²) in [5, 5.41) is 3.21. The van der Waals surface area contributed by atoms with E-state index < -0.39 is 0 Å². The van der Waals surface area contributed by atoms with Crippen molar-refractivity contribution in [2.24, 2.45) is 0 Å². The number of nitrogens with zero attached hydrogens (tertiary/aromatic N) is 5. The number of thiophene rings is 1. The molecule has 0 spiro atoms. The van der Waals surface area contributed by atoms with E-state index in [0.29, 0.717) is 5.82 Å². The number of benzene rings is 5. The van der Waals surface area contributed by atoms with Crippen LogP contribution in [0.4, 0.5) is 0 Å². The van der Waals surface area contributed by atoms with Gasteiger partial charge < -0.3 is 0 Å². The fraction of sp³-hybridized carbons (Fsp3) is 0. The first-order chi connectivity index (χ1) is 26.3. The number of para-hydroxylation sites is 2. The zero-order valence-electron chi connectivity index (χ0n) is 28.4. The molecule has 0 amide bonds. The van der Waals surface area contributed by atoms with E-state index in [4.69, 9.17) is 24.9 Å². The Morgan fingerprint density at radius 1 is 0.377 bits per heavy atom. The van der Waals surface area contributed by atoms with Crippen LogP contribution in [0.25, 0.3) is 98.7 Å². The van der Waals surface area contributed by atoms with E-state index in [1.807, 2.05) is 60.9 Å². The Bertz CT molecular complexity index is 2910. The lowest BCUT2D eigenvalue weighted by Gasteiger charge is -2.12. The van der Waals surface area contributed by atoms with Gasteiger partial charge in [0, 0.05) is 55.5 Å². The van der Waals surface area contributed by atoms with E-state index >= 15 is 0 Å². The van der Waals surface area contributed by atoms with Gasteiger partial charge in [-0.2, -0.15) is 0 Å². The zero-order valence-corrected chi connectivity index (χ0v) is 29.2. The number of fused-ring (bicyclic) bond motifs is 4. The van der Waals surface area contributed by atoms with Gasteiger partial charge in [-0.1, -0.05) is 127 Å². The van der Waals surface area contributed by atoms with Gasteiger partial charge in [-0.3, -0.25) is 9.97 Å². The van der Waals surface area contributed by atoms with Crippen LogP contribution in [0.3, 0.4) is 0 Å². The maximum atomic E-state index is 5.32. The number of hydrogen-bond acceptors (Lipinski definition) is 6. The molecule has 0 atom stereocenters. The van der Waals surface area contributed by atoms with Gasteiger partial charge in [-0.05, 0) is 47.5 Å². The Kier molecular flexibility index (Phi) is 7.59. The molecule has 0 aliphatic rings. The molecule has 0 aliphatic heterocycles. The number of rotatable bonds is 6. The van der Waals surface area contributed by atoms with Crippen molar-refractivity contribution in [1.82, 2.24) is 24.9 Å². The summed E-state index contributed by atoms with van der Waals surface area (Å²) < 4.78 is 1.16. The zero-order chi connectivity index (χ0) is 35.1. The molecule has 248 valence electrons. The molecule has 0 bridgehead atoms. The van der Waals surface area contributed by atoms with Crippen molar-refractivity contribution in [2.45, 2.75) is 0 Å². The summed E-state index contributed by atoms with van der Waals surface area (Å²) in [7, 11) is 0. The van der Waals surface area contributed by atoms with E-state index in [2.05, 4.69) is 115 Å². The summed E-state index contributed by atoms with van der Waals surface area (Å²) in [6, 6.07) is 56.3. The minimum Gasteiger partial charge on any atom is -0.256 e. The van der Waals surface area contributed by atoms with Crippen molar-refractivity contribution in [3.63, 3.8) is 0 Å². The summed E-state index contributed by atoms with van der Waals surface area (Å²) in [4.78, 5) is 26.2. The fourth-order valence-electron chi connectivity index (χ4n) is 7.08. The van der Waals surface area contributed by atoms with E-state index in [1.54, 1.807) is 11.3 Å². The quantitative estimate of drug-likeness (QED) is 0.173. The highest BCUT2D eigenvalue weighted by Crippen LogP contribution is 2.49. The molecule has 0 N–H and O–H groups in total. The predicted octanol–water partition coefficient (Wildman–Crippen LogP) is 12.2. The van der Waals surface area contributed by atoms with Crippen molar-refractivity contribution in [3.05, 3.63) is 176 Å². The van der Waals surface area contributed by atoms with Crippen LogP contribution in [0.15, 0.2) is 176 Å². The molecule has 0 unspecified atom stereocenters. The van der Waals surface area contributed by atoms with Gasteiger partial charge >= 0.3 is 0 Å². The molecule has 5 nitrogen and oxygen atoms in total. The minimum absolute atomic E-state index is 0.677. The standard InChI is InChI=1S/C47H29N5S/c1-2-12-30(13-3-1)31-20-22-32(23-21-31)43-35-14-4-6-16-37(35)51-47(52-43)34-26-24-33(25-27-34)44-42-41(39-18-8-10-28-48-39)46(40-19-9-11-29-49-40)53-45(42)36-15-5-7-17-38(36)50-44/h1-29H. The molecule has 6 heteroatoms. The van der Waals surface area contributed by atoms with Gasteiger partial charge in [0.1, 0.15) is 0 Å².